The van der Waals surface area contributed by atoms with Crippen LogP contribution in [0.1, 0.15) is 134 Å². The second kappa shape index (κ2) is 22.9. The Labute approximate surface area is 350 Å². The summed E-state index contributed by atoms with van der Waals surface area (Å²) >= 11 is 0. The van der Waals surface area contributed by atoms with Gasteiger partial charge in [0.2, 0.25) is 0 Å². The molecule has 334 valence electrons. The van der Waals surface area contributed by atoms with E-state index < -0.39 is 84.7 Å². The zero-order chi connectivity index (χ0) is 44.2. The third kappa shape index (κ3) is 15.4. The van der Waals surface area contributed by atoms with E-state index in [4.69, 9.17) is 38.9 Å². The predicted molar refractivity (Wildman–Crippen MR) is 219 cm³/mol. The molecule has 1 amide bonds. The van der Waals surface area contributed by atoms with Crippen LogP contribution < -0.4 is 5.73 Å². The number of amides is 1. The molecule has 14 heteroatoms. The van der Waals surface area contributed by atoms with E-state index in [9.17, 15) is 29.1 Å². The molecule has 1 fully saturated rings. The number of hydrogen-bond donors (Lipinski definition) is 2. The smallest absolute Gasteiger partial charge is 0.404 e. The number of fused-ring (bicyclic) bond motifs is 2. The molecule has 0 aliphatic carbocycles. The van der Waals surface area contributed by atoms with Gasteiger partial charge in [0.15, 0.2) is 18.2 Å². The maximum atomic E-state index is 13.8. The topological polar surface area (TPSA) is 196 Å². The molecule has 1 unspecified atom stereocenters. The predicted octanol–water partition coefficient (Wildman–Crippen LogP) is 7.19. The van der Waals surface area contributed by atoms with Crippen LogP contribution in [0.2, 0.25) is 0 Å². The van der Waals surface area contributed by atoms with Crippen LogP contribution in [0.3, 0.4) is 0 Å². The fraction of sp³-hybridized carbons (Fsp3) is 0.756. The normalized spacial score (nSPS) is 33.3. The molecule has 3 aliphatic heterocycles. The molecule has 0 spiro atoms. The van der Waals surface area contributed by atoms with Gasteiger partial charge in [-0.2, -0.15) is 0 Å². The van der Waals surface area contributed by atoms with Gasteiger partial charge in [-0.1, -0.05) is 65.8 Å². The van der Waals surface area contributed by atoms with E-state index in [2.05, 4.69) is 19.1 Å². The first-order valence-corrected chi connectivity index (χ1v) is 21.4. The number of carbonyl (C=O) groups excluding carboxylic acids is 5. The Hall–Kier alpha value is -3.59. The summed E-state index contributed by atoms with van der Waals surface area (Å²) < 4.78 is 41.7. The maximum Gasteiger partial charge on any atom is 0.404 e. The third-order valence-corrected chi connectivity index (χ3v) is 11.7. The Kier molecular flexibility index (Phi) is 19.3. The number of esters is 3. The van der Waals surface area contributed by atoms with Gasteiger partial charge in [0.25, 0.3) is 0 Å². The van der Waals surface area contributed by atoms with Crippen molar-refractivity contribution >= 4 is 29.8 Å². The fourth-order valence-electron chi connectivity index (χ4n) is 8.82. The minimum absolute atomic E-state index is 0.00220. The van der Waals surface area contributed by atoms with E-state index in [0.717, 1.165) is 17.6 Å². The number of carbonyl (C=O) groups is 5. The van der Waals surface area contributed by atoms with Crippen LogP contribution in [0.5, 0.6) is 0 Å². The number of ketones is 1. The second-order valence-electron chi connectivity index (χ2n) is 17.3. The molecule has 0 aromatic carbocycles. The Balaban J connectivity index is 1.94. The molecule has 0 saturated carbocycles. The third-order valence-electron chi connectivity index (χ3n) is 11.7. The van der Waals surface area contributed by atoms with Crippen LogP contribution >= 0.6 is 0 Å². The van der Waals surface area contributed by atoms with E-state index in [1.165, 1.54) is 13.8 Å². The Bertz CT molecular complexity index is 1540. The number of ether oxygens (including phenoxy) is 7. The van der Waals surface area contributed by atoms with Crippen molar-refractivity contribution in [3.05, 3.63) is 35.5 Å². The highest BCUT2D eigenvalue weighted by molar-refractivity contribution is 5.81. The van der Waals surface area contributed by atoms with Gasteiger partial charge in [-0.05, 0) is 87.7 Å². The average Bonchev–Trinajstić information content (AvgIpc) is 3.14. The number of hydrogen-bond acceptors (Lipinski definition) is 13. The first-order chi connectivity index (χ1) is 27.6. The largest absolute Gasteiger partial charge is 0.462 e. The average molecular weight is 834 g/mol. The minimum atomic E-state index is -1.76. The summed E-state index contributed by atoms with van der Waals surface area (Å²) in [5.41, 5.74) is 7.20. The number of Topliss-reactive ketones (excluding diaryl/α,β-unsaturated/α-hetero) is 1. The van der Waals surface area contributed by atoms with Crippen molar-refractivity contribution in [1.29, 1.82) is 0 Å². The first kappa shape index (κ1) is 49.8. The highest BCUT2D eigenvalue weighted by Gasteiger charge is 2.43. The second-order valence-corrected chi connectivity index (χ2v) is 17.3. The lowest BCUT2D eigenvalue weighted by molar-refractivity contribution is -0.258. The molecule has 3 aliphatic rings. The van der Waals surface area contributed by atoms with Crippen LogP contribution in [0.25, 0.3) is 0 Å². The number of rotatable bonds is 12. The van der Waals surface area contributed by atoms with Crippen LogP contribution in [-0.4, -0.2) is 89.7 Å². The van der Waals surface area contributed by atoms with Crippen LogP contribution in [0.4, 0.5) is 4.79 Å². The molecule has 1 saturated heterocycles. The molecule has 3 rings (SSSR count). The molecular formula is C45H71NO13. The number of nitrogens with two attached hydrogens (primary N) is 1. The van der Waals surface area contributed by atoms with E-state index in [0.29, 0.717) is 32.1 Å². The van der Waals surface area contributed by atoms with Gasteiger partial charge in [0.05, 0.1) is 24.5 Å². The fourth-order valence-corrected chi connectivity index (χ4v) is 8.82. The standard InChI is InChI=1S/C45H71NO13/c1-12-36(49)31(8)42(54-33(10)47)30(7)22-29(6)40-28(5)21-25(2)17-18-35(56-39-23-37(57-44(46)51)43(32(9)53-39)55-34(11)48)16-14-13-15-26(3)41-27(4)19-20-45(52,59-41)24-38(50)58-40/h15,17-19,25,28-32,35,37,39-43,52H,12-14,16,20-24H2,1-11H3,(H2,46,51)/t25-,28+,29+,30+,31+,32+,35-,37+,39-,40-,41?,42-,43+,45+/m0/s1. The number of allylic oxidation sites excluding steroid dienone is 2. The van der Waals surface area contributed by atoms with Gasteiger partial charge >= 0.3 is 24.0 Å². The monoisotopic (exact) mass is 833 g/mol. The summed E-state index contributed by atoms with van der Waals surface area (Å²) in [5.74, 6) is -4.47. The minimum Gasteiger partial charge on any atom is -0.462 e. The van der Waals surface area contributed by atoms with Gasteiger partial charge in [-0.3, -0.25) is 19.2 Å². The van der Waals surface area contributed by atoms with Crippen LogP contribution in [-0.2, 0) is 52.3 Å². The molecule has 2 bridgehead atoms. The zero-order valence-electron chi connectivity index (χ0n) is 37.1. The SMILES string of the molecule is CCC(=O)[C@@H](C)[C@@H](OC(C)=O)[C@H](C)C[C@@H](C)[C@H]1OC(=O)C[C@@]2(O)CC=C(C)C(O2)C(C)=CCCC[C@H](O[C@H]2C[C@@H](OC(N)=O)[C@H](OC(C)=O)[C@@H](C)O2)C=C[C@H](C)C[C@H]1C. The molecule has 3 N–H and O–H groups in total. The quantitative estimate of drug-likeness (QED) is 0.114. The van der Waals surface area contributed by atoms with Gasteiger partial charge in [-0.15, -0.1) is 0 Å². The van der Waals surface area contributed by atoms with Gasteiger partial charge in [-0.25, -0.2) is 4.79 Å². The summed E-state index contributed by atoms with van der Waals surface area (Å²) in [6, 6.07) is 0. The number of cyclic esters (lactones) is 1. The summed E-state index contributed by atoms with van der Waals surface area (Å²) in [7, 11) is 0. The summed E-state index contributed by atoms with van der Waals surface area (Å²) in [5, 5.41) is 11.6. The lowest BCUT2D eigenvalue weighted by atomic mass is 9.79. The van der Waals surface area contributed by atoms with Crippen molar-refractivity contribution in [3.63, 3.8) is 0 Å². The van der Waals surface area contributed by atoms with Crippen molar-refractivity contribution in [2.75, 3.05) is 0 Å². The summed E-state index contributed by atoms with van der Waals surface area (Å²) in [6.07, 6.45) is 5.08. The van der Waals surface area contributed by atoms with Crippen molar-refractivity contribution in [2.24, 2.45) is 35.3 Å². The van der Waals surface area contributed by atoms with Crippen molar-refractivity contribution in [1.82, 2.24) is 0 Å². The molecule has 14 nitrogen and oxygen atoms in total. The molecule has 14 atom stereocenters. The lowest BCUT2D eigenvalue weighted by Gasteiger charge is -2.39. The molecular weight excluding hydrogens is 762 g/mol. The number of aliphatic hydroxyl groups is 1. The van der Waals surface area contributed by atoms with Crippen molar-refractivity contribution in [2.45, 2.75) is 189 Å². The Morgan fingerprint density at radius 3 is 2.29 bits per heavy atom. The first-order valence-electron chi connectivity index (χ1n) is 21.4. The highest BCUT2D eigenvalue weighted by Crippen LogP contribution is 2.36. The highest BCUT2D eigenvalue weighted by atomic mass is 16.7. The van der Waals surface area contributed by atoms with Crippen molar-refractivity contribution in [3.8, 4) is 0 Å². The van der Waals surface area contributed by atoms with E-state index in [-0.39, 0.29) is 48.7 Å². The van der Waals surface area contributed by atoms with Crippen LogP contribution in [0, 0.1) is 29.6 Å². The molecule has 3 heterocycles. The number of primary amides is 1. The van der Waals surface area contributed by atoms with Gasteiger partial charge < -0.3 is 44.0 Å². The van der Waals surface area contributed by atoms with Crippen LogP contribution in [0.15, 0.2) is 35.5 Å². The van der Waals surface area contributed by atoms with Gasteiger partial charge in [0.1, 0.15) is 30.2 Å². The Morgan fingerprint density at radius 2 is 1.66 bits per heavy atom. The zero-order valence-corrected chi connectivity index (χ0v) is 37.1. The molecule has 0 aromatic heterocycles. The van der Waals surface area contributed by atoms with Gasteiger partial charge in [0, 0.05) is 33.1 Å². The lowest BCUT2D eigenvalue weighted by Crippen LogP contribution is -2.52. The van der Waals surface area contributed by atoms with E-state index >= 15 is 0 Å². The Morgan fingerprint density at radius 1 is 0.983 bits per heavy atom. The summed E-state index contributed by atoms with van der Waals surface area (Å²) in [6.45, 7) is 19.8. The molecule has 0 aromatic rings. The summed E-state index contributed by atoms with van der Waals surface area (Å²) in [4.78, 5) is 62.3. The molecule has 59 heavy (non-hydrogen) atoms. The molecule has 0 radical (unpaired) electrons. The van der Waals surface area contributed by atoms with E-state index in [1.807, 2.05) is 46.8 Å². The van der Waals surface area contributed by atoms with E-state index in [1.54, 1.807) is 20.8 Å². The van der Waals surface area contributed by atoms with Crippen molar-refractivity contribution < 1.29 is 62.2 Å². The maximum absolute atomic E-state index is 13.8.